The number of hydrogen-bond donors (Lipinski definition) is 1. The van der Waals surface area contributed by atoms with Gasteiger partial charge in [-0.25, -0.2) is 0 Å². The summed E-state index contributed by atoms with van der Waals surface area (Å²) in [6, 6.07) is 29.3. The summed E-state index contributed by atoms with van der Waals surface area (Å²) in [7, 11) is 0. The van der Waals surface area contributed by atoms with Gasteiger partial charge in [0.2, 0.25) is 0 Å². The number of anilines is 3. The average Bonchev–Trinajstić information content (AvgIpc) is 2.84. The molecular weight excluding hydrogens is 414 g/mol. The van der Waals surface area contributed by atoms with Crippen LogP contribution in [-0.2, 0) is 0 Å². The Labute approximate surface area is 196 Å². The van der Waals surface area contributed by atoms with Gasteiger partial charge in [0.15, 0.2) is 0 Å². The van der Waals surface area contributed by atoms with E-state index in [9.17, 15) is 0 Å². The summed E-state index contributed by atoms with van der Waals surface area (Å²) in [5.74, 6) is 0. The van der Waals surface area contributed by atoms with Crippen LogP contribution in [0, 0.1) is 0 Å². The van der Waals surface area contributed by atoms with Crippen molar-refractivity contribution >= 4 is 39.6 Å². The minimum absolute atomic E-state index is 0.722. The first-order valence-corrected chi connectivity index (χ1v) is 11.8. The zero-order chi connectivity index (χ0) is 22.0. The monoisotopic (exact) mass is 443 g/mol. The van der Waals surface area contributed by atoms with E-state index in [1.165, 1.54) is 43.5 Å². The van der Waals surface area contributed by atoms with Crippen LogP contribution < -0.4 is 10.2 Å². The summed E-state index contributed by atoms with van der Waals surface area (Å²) in [4.78, 5) is 6.83. The second-order valence-corrected chi connectivity index (χ2v) is 8.47. The molecule has 164 valence electrons. The van der Waals surface area contributed by atoms with Crippen molar-refractivity contribution in [2.75, 3.05) is 23.3 Å². The third-order valence-corrected chi connectivity index (χ3v) is 5.95. The number of nitrogens with zero attached hydrogens (tertiary/aromatic N) is 2. The van der Waals surface area contributed by atoms with Gasteiger partial charge in [-0.2, -0.15) is 0 Å². The fourth-order valence-corrected chi connectivity index (χ4v) is 4.21. The number of halogens is 1. The molecule has 0 saturated heterocycles. The van der Waals surface area contributed by atoms with Gasteiger partial charge in [0.25, 0.3) is 0 Å². The quantitative estimate of drug-likeness (QED) is 0.237. The van der Waals surface area contributed by atoms with Crippen molar-refractivity contribution in [1.29, 1.82) is 0 Å². The Morgan fingerprint density at radius 2 is 1.38 bits per heavy atom. The number of pyridine rings is 1. The van der Waals surface area contributed by atoms with Crippen LogP contribution in [0.3, 0.4) is 0 Å². The first kappa shape index (κ1) is 22.2. The van der Waals surface area contributed by atoms with Crippen LogP contribution in [0.25, 0.3) is 10.9 Å². The number of rotatable bonds is 11. The molecule has 4 heteroatoms. The lowest BCUT2D eigenvalue weighted by atomic mass is 10.1. The van der Waals surface area contributed by atoms with Gasteiger partial charge in [-0.3, -0.25) is 4.98 Å². The Bertz CT molecular complexity index is 1060. The molecule has 0 radical (unpaired) electrons. The summed E-state index contributed by atoms with van der Waals surface area (Å²) in [6.07, 6.45) is 7.93. The third kappa shape index (κ3) is 6.02. The molecule has 1 aromatic heterocycles. The van der Waals surface area contributed by atoms with Crippen molar-refractivity contribution in [3.63, 3.8) is 0 Å². The topological polar surface area (TPSA) is 28.2 Å². The van der Waals surface area contributed by atoms with Gasteiger partial charge in [0, 0.05) is 46.8 Å². The fourth-order valence-electron chi connectivity index (χ4n) is 4.05. The van der Waals surface area contributed by atoms with E-state index < -0.39 is 0 Å². The molecule has 0 aliphatic carbocycles. The number of hydrogen-bond acceptors (Lipinski definition) is 3. The summed E-state index contributed by atoms with van der Waals surface area (Å²) < 4.78 is 0. The van der Waals surface area contributed by atoms with E-state index in [0.29, 0.717) is 0 Å². The molecule has 4 rings (SSSR count). The molecule has 0 saturated carbocycles. The standard InChI is InChI=1S/C28H30ClN3/c29-23-16-17-26-27(18-20-31-28(26)22-23)30-19-10-2-1-3-11-21-32(24-12-6-4-7-13-24)25-14-8-5-9-15-25/h4-9,12-18,20,22H,1-3,10-11,19,21H2,(H,30,31). The number of nitrogens with one attached hydrogen (secondary N) is 1. The molecule has 0 unspecified atom stereocenters. The minimum Gasteiger partial charge on any atom is -0.384 e. The van der Waals surface area contributed by atoms with Gasteiger partial charge in [-0.1, -0.05) is 67.3 Å². The van der Waals surface area contributed by atoms with Crippen molar-refractivity contribution in [3.05, 3.63) is 96.1 Å². The number of unbranched alkanes of at least 4 members (excludes halogenated alkanes) is 4. The van der Waals surface area contributed by atoms with Crippen LogP contribution in [0.4, 0.5) is 17.1 Å². The molecule has 0 fully saturated rings. The molecule has 4 aromatic rings. The molecule has 32 heavy (non-hydrogen) atoms. The molecule has 0 amide bonds. The van der Waals surface area contributed by atoms with Crippen LogP contribution in [0.1, 0.15) is 32.1 Å². The SMILES string of the molecule is Clc1ccc2c(NCCCCCCCN(c3ccccc3)c3ccccc3)ccnc2c1. The van der Waals surface area contributed by atoms with Crippen molar-refractivity contribution in [2.24, 2.45) is 0 Å². The van der Waals surface area contributed by atoms with Crippen molar-refractivity contribution in [3.8, 4) is 0 Å². The predicted molar refractivity (Wildman–Crippen MR) is 138 cm³/mol. The number of benzene rings is 3. The maximum Gasteiger partial charge on any atom is 0.0737 e. The highest BCUT2D eigenvalue weighted by atomic mass is 35.5. The maximum atomic E-state index is 6.08. The lowest BCUT2D eigenvalue weighted by Gasteiger charge is -2.25. The Morgan fingerprint density at radius 3 is 2.09 bits per heavy atom. The molecule has 0 aliphatic rings. The van der Waals surface area contributed by atoms with Crippen LogP contribution in [0.2, 0.25) is 5.02 Å². The highest BCUT2D eigenvalue weighted by Crippen LogP contribution is 2.26. The molecule has 0 atom stereocenters. The minimum atomic E-state index is 0.722. The van der Waals surface area contributed by atoms with Crippen molar-refractivity contribution < 1.29 is 0 Å². The van der Waals surface area contributed by atoms with Gasteiger partial charge < -0.3 is 10.2 Å². The zero-order valence-corrected chi connectivity index (χ0v) is 19.1. The van der Waals surface area contributed by atoms with Crippen molar-refractivity contribution in [2.45, 2.75) is 32.1 Å². The van der Waals surface area contributed by atoms with E-state index in [1.807, 2.05) is 30.5 Å². The van der Waals surface area contributed by atoms with Crippen LogP contribution >= 0.6 is 11.6 Å². The van der Waals surface area contributed by atoms with Gasteiger partial charge >= 0.3 is 0 Å². The third-order valence-electron chi connectivity index (χ3n) is 5.71. The fraction of sp³-hybridized carbons (Fsp3) is 0.250. The Balaban J connectivity index is 1.19. The summed E-state index contributed by atoms with van der Waals surface area (Å²) in [5.41, 5.74) is 4.58. The molecule has 0 bridgehead atoms. The normalized spacial score (nSPS) is 10.9. The highest BCUT2D eigenvalue weighted by molar-refractivity contribution is 6.31. The number of aromatic nitrogens is 1. The summed E-state index contributed by atoms with van der Waals surface area (Å²) in [6.45, 7) is 2.01. The van der Waals surface area contributed by atoms with Gasteiger partial charge in [-0.15, -0.1) is 0 Å². The Hall–Kier alpha value is -3.04. The lowest BCUT2D eigenvalue weighted by molar-refractivity contribution is 0.626. The maximum absolute atomic E-state index is 6.08. The molecule has 3 nitrogen and oxygen atoms in total. The molecular formula is C28H30ClN3. The first-order valence-electron chi connectivity index (χ1n) is 11.5. The van der Waals surface area contributed by atoms with E-state index in [-0.39, 0.29) is 0 Å². The van der Waals surface area contributed by atoms with Crippen LogP contribution in [0.15, 0.2) is 91.1 Å². The van der Waals surface area contributed by atoms with Gasteiger partial charge in [0.1, 0.15) is 0 Å². The largest absolute Gasteiger partial charge is 0.384 e. The zero-order valence-electron chi connectivity index (χ0n) is 18.4. The van der Waals surface area contributed by atoms with E-state index in [4.69, 9.17) is 11.6 Å². The molecule has 0 spiro atoms. The molecule has 3 aromatic carbocycles. The summed E-state index contributed by atoms with van der Waals surface area (Å²) >= 11 is 6.08. The smallest absolute Gasteiger partial charge is 0.0737 e. The second kappa shape index (κ2) is 11.5. The van der Waals surface area contributed by atoms with E-state index in [1.54, 1.807) is 0 Å². The van der Waals surface area contributed by atoms with E-state index >= 15 is 0 Å². The Morgan fingerprint density at radius 1 is 0.719 bits per heavy atom. The molecule has 1 N–H and O–H groups in total. The second-order valence-electron chi connectivity index (χ2n) is 8.04. The van der Waals surface area contributed by atoms with E-state index in [0.717, 1.165) is 34.7 Å². The molecule has 1 heterocycles. The lowest BCUT2D eigenvalue weighted by Crippen LogP contribution is -2.18. The Kier molecular flexibility index (Phi) is 7.99. The van der Waals surface area contributed by atoms with Crippen molar-refractivity contribution in [1.82, 2.24) is 4.98 Å². The number of fused-ring (bicyclic) bond motifs is 1. The van der Waals surface area contributed by atoms with E-state index in [2.05, 4.69) is 75.9 Å². The molecule has 0 aliphatic heterocycles. The average molecular weight is 444 g/mol. The van der Waals surface area contributed by atoms with Crippen LogP contribution in [0.5, 0.6) is 0 Å². The van der Waals surface area contributed by atoms with Gasteiger partial charge in [0.05, 0.1) is 5.52 Å². The highest BCUT2D eigenvalue weighted by Gasteiger charge is 2.08. The number of para-hydroxylation sites is 2. The first-order chi connectivity index (χ1) is 15.8. The predicted octanol–water partition coefficient (Wildman–Crippen LogP) is 8.09. The van der Waals surface area contributed by atoms with Gasteiger partial charge in [-0.05, 0) is 61.4 Å². The van der Waals surface area contributed by atoms with Crippen LogP contribution in [-0.4, -0.2) is 18.1 Å². The summed E-state index contributed by atoms with van der Waals surface area (Å²) in [5, 5.41) is 5.41.